The summed E-state index contributed by atoms with van der Waals surface area (Å²) in [5.74, 6) is 0. The Kier molecular flexibility index (Phi) is 2.15. The fraction of sp³-hybridized carbons (Fsp3) is 1.00. The van der Waals surface area contributed by atoms with E-state index >= 15 is 0 Å². The summed E-state index contributed by atoms with van der Waals surface area (Å²) in [6.45, 7) is 2.96. The van der Waals surface area contributed by atoms with Crippen molar-refractivity contribution in [2.75, 3.05) is 6.61 Å². The zero-order valence-corrected chi connectivity index (χ0v) is 5.82. The molecule has 48 valence electrons. The van der Waals surface area contributed by atoms with Crippen molar-refractivity contribution in [3.05, 3.63) is 0 Å². The van der Waals surface area contributed by atoms with Crippen LogP contribution in [0.25, 0.3) is 0 Å². The van der Waals surface area contributed by atoms with E-state index < -0.39 is 0 Å². The van der Waals surface area contributed by atoms with Crippen molar-refractivity contribution in [1.29, 1.82) is 0 Å². The molecule has 1 aliphatic heterocycles. The van der Waals surface area contributed by atoms with Crippen molar-refractivity contribution in [2.24, 2.45) is 0 Å². The predicted octanol–water partition coefficient (Wildman–Crippen LogP) is 1.79. The van der Waals surface area contributed by atoms with Gasteiger partial charge in [0.2, 0.25) is 0 Å². The quantitative estimate of drug-likeness (QED) is 0.497. The molecule has 0 aromatic rings. The van der Waals surface area contributed by atoms with E-state index in [0.717, 1.165) is 19.4 Å². The molecule has 0 bridgehead atoms. The third-order valence-corrected chi connectivity index (χ3v) is 2.03. The fourth-order valence-electron chi connectivity index (χ4n) is 0.996. The van der Waals surface area contributed by atoms with Crippen LogP contribution < -0.4 is 0 Å². The molecule has 0 radical (unpaired) electrons. The minimum atomic E-state index is 0.278. The van der Waals surface area contributed by atoms with Crippen LogP contribution in [0.3, 0.4) is 0 Å². The van der Waals surface area contributed by atoms with E-state index in [4.69, 9.17) is 16.3 Å². The van der Waals surface area contributed by atoms with Gasteiger partial charge in [0.15, 0.2) is 0 Å². The first-order chi connectivity index (χ1) is 3.84. The summed E-state index contributed by atoms with van der Waals surface area (Å²) >= 11 is 5.85. The Labute approximate surface area is 55.0 Å². The van der Waals surface area contributed by atoms with Crippen LogP contribution in [0, 0.1) is 0 Å². The van der Waals surface area contributed by atoms with Gasteiger partial charge in [0.25, 0.3) is 0 Å². The second-order valence-electron chi connectivity index (χ2n) is 2.12. The average molecular weight is 135 g/mol. The molecule has 1 heterocycles. The summed E-state index contributed by atoms with van der Waals surface area (Å²) in [4.78, 5) is 0. The first-order valence-corrected chi connectivity index (χ1v) is 3.54. The molecule has 0 spiro atoms. The molecule has 1 rings (SSSR count). The topological polar surface area (TPSA) is 9.23 Å². The summed E-state index contributed by atoms with van der Waals surface area (Å²) in [5, 5.41) is 0.278. The fourth-order valence-corrected chi connectivity index (χ4v) is 1.34. The SMILES string of the molecule is CC[C@H]1OCC[C@@H]1Cl. The molecule has 2 atom stereocenters. The zero-order chi connectivity index (χ0) is 5.98. The van der Waals surface area contributed by atoms with Gasteiger partial charge in [-0.25, -0.2) is 0 Å². The predicted molar refractivity (Wildman–Crippen MR) is 34.3 cm³/mol. The number of halogens is 1. The highest BCUT2D eigenvalue weighted by atomic mass is 35.5. The Bertz CT molecular complexity index is 74.9. The molecule has 0 aliphatic carbocycles. The molecule has 0 amide bonds. The molecule has 2 heteroatoms. The van der Waals surface area contributed by atoms with Crippen LogP contribution in [0.2, 0.25) is 0 Å². The molecule has 1 nitrogen and oxygen atoms in total. The number of hydrogen-bond donors (Lipinski definition) is 0. The summed E-state index contributed by atoms with van der Waals surface area (Å²) in [5.41, 5.74) is 0. The van der Waals surface area contributed by atoms with Gasteiger partial charge in [-0.2, -0.15) is 0 Å². The second kappa shape index (κ2) is 2.70. The lowest BCUT2D eigenvalue weighted by Crippen LogP contribution is -2.13. The maximum Gasteiger partial charge on any atom is 0.0736 e. The molecular formula is C6H11ClO. The van der Waals surface area contributed by atoms with Crippen molar-refractivity contribution in [1.82, 2.24) is 0 Å². The van der Waals surface area contributed by atoms with E-state index in [-0.39, 0.29) is 5.38 Å². The normalized spacial score (nSPS) is 38.2. The average Bonchev–Trinajstić information content (AvgIpc) is 2.14. The lowest BCUT2D eigenvalue weighted by molar-refractivity contribution is 0.109. The molecule has 1 aliphatic rings. The van der Waals surface area contributed by atoms with Crippen LogP contribution in [-0.2, 0) is 4.74 Å². The molecule has 1 saturated heterocycles. The molecule has 1 fully saturated rings. The molecule has 0 saturated carbocycles. The van der Waals surface area contributed by atoms with Crippen molar-refractivity contribution >= 4 is 11.6 Å². The molecular weight excluding hydrogens is 124 g/mol. The third kappa shape index (κ3) is 1.15. The van der Waals surface area contributed by atoms with Crippen molar-refractivity contribution in [3.8, 4) is 0 Å². The van der Waals surface area contributed by atoms with E-state index in [1.54, 1.807) is 0 Å². The van der Waals surface area contributed by atoms with Gasteiger partial charge < -0.3 is 4.74 Å². The first-order valence-electron chi connectivity index (χ1n) is 3.10. The smallest absolute Gasteiger partial charge is 0.0736 e. The Hall–Kier alpha value is 0.250. The first kappa shape index (κ1) is 6.37. The van der Waals surface area contributed by atoms with Crippen LogP contribution in [-0.4, -0.2) is 18.1 Å². The maximum absolute atomic E-state index is 5.85. The summed E-state index contributed by atoms with van der Waals surface area (Å²) in [6.07, 6.45) is 2.41. The van der Waals surface area contributed by atoms with Gasteiger partial charge in [0.05, 0.1) is 11.5 Å². The zero-order valence-electron chi connectivity index (χ0n) is 5.06. The van der Waals surface area contributed by atoms with E-state index in [1.807, 2.05) is 0 Å². The number of rotatable bonds is 1. The maximum atomic E-state index is 5.85. The van der Waals surface area contributed by atoms with E-state index in [0.29, 0.717) is 6.10 Å². The van der Waals surface area contributed by atoms with Crippen LogP contribution in [0.1, 0.15) is 19.8 Å². The van der Waals surface area contributed by atoms with Crippen molar-refractivity contribution in [3.63, 3.8) is 0 Å². The van der Waals surface area contributed by atoms with Gasteiger partial charge in [0, 0.05) is 6.61 Å². The van der Waals surface area contributed by atoms with Crippen molar-refractivity contribution in [2.45, 2.75) is 31.2 Å². The molecule has 0 aromatic heterocycles. The highest BCUT2D eigenvalue weighted by molar-refractivity contribution is 6.21. The third-order valence-electron chi connectivity index (χ3n) is 1.53. The van der Waals surface area contributed by atoms with Gasteiger partial charge in [0.1, 0.15) is 0 Å². The molecule has 0 N–H and O–H groups in total. The lowest BCUT2D eigenvalue weighted by Gasteiger charge is -2.07. The Morgan fingerprint density at radius 3 is 2.75 bits per heavy atom. The van der Waals surface area contributed by atoms with E-state index in [1.165, 1.54) is 0 Å². The number of alkyl halides is 1. The van der Waals surface area contributed by atoms with Gasteiger partial charge >= 0.3 is 0 Å². The highest BCUT2D eigenvalue weighted by Gasteiger charge is 2.23. The summed E-state index contributed by atoms with van der Waals surface area (Å²) < 4.78 is 5.28. The van der Waals surface area contributed by atoms with Gasteiger partial charge in [-0.05, 0) is 12.8 Å². The van der Waals surface area contributed by atoms with Gasteiger partial charge in [-0.3, -0.25) is 0 Å². The standard InChI is InChI=1S/C6H11ClO/c1-2-6-5(7)3-4-8-6/h5-6H,2-4H2,1H3/t5-,6+/m0/s1. The van der Waals surface area contributed by atoms with Crippen LogP contribution >= 0.6 is 11.6 Å². The Morgan fingerprint density at radius 2 is 2.50 bits per heavy atom. The largest absolute Gasteiger partial charge is 0.377 e. The molecule has 8 heavy (non-hydrogen) atoms. The summed E-state index contributed by atoms with van der Waals surface area (Å²) in [7, 11) is 0. The monoisotopic (exact) mass is 134 g/mol. The van der Waals surface area contributed by atoms with Crippen molar-refractivity contribution < 1.29 is 4.74 Å². The number of hydrogen-bond acceptors (Lipinski definition) is 1. The van der Waals surface area contributed by atoms with Gasteiger partial charge in [-0.1, -0.05) is 6.92 Å². The molecule has 0 aromatic carbocycles. The molecule has 0 unspecified atom stereocenters. The second-order valence-corrected chi connectivity index (χ2v) is 2.68. The van der Waals surface area contributed by atoms with Gasteiger partial charge in [-0.15, -0.1) is 11.6 Å². The minimum Gasteiger partial charge on any atom is -0.377 e. The van der Waals surface area contributed by atoms with Crippen LogP contribution in [0.4, 0.5) is 0 Å². The number of ether oxygens (including phenoxy) is 1. The minimum absolute atomic E-state index is 0.278. The highest BCUT2D eigenvalue weighted by Crippen LogP contribution is 2.20. The Morgan fingerprint density at radius 1 is 1.75 bits per heavy atom. The van der Waals surface area contributed by atoms with Crippen LogP contribution in [0.5, 0.6) is 0 Å². The lowest BCUT2D eigenvalue weighted by atomic mass is 10.2. The van der Waals surface area contributed by atoms with Crippen LogP contribution in [0.15, 0.2) is 0 Å². The Balaban J connectivity index is 2.30. The van der Waals surface area contributed by atoms with E-state index in [2.05, 4.69) is 6.92 Å². The van der Waals surface area contributed by atoms with E-state index in [9.17, 15) is 0 Å². The summed E-state index contributed by atoms with van der Waals surface area (Å²) in [6, 6.07) is 0.